The van der Waals surface area contributed by atoms with Gasteiger partial charge in [0.15, 0.2) is 0 Å². The van der Waals surface area contributed by atoms with Crippen molar-refractivity contribution >= 4 is 56.5 Å². The standard InChI is InChI=1S/C44H33N2OP/c1-31-13-5-12-22-44(31)48(47,35-29-25-33(26-30-35)46-42-20-10-7-16-38(42)39-17-8-11-21-43(39)46)34-27-23-32(24-28-34)45-40-18-4-2-3-14-36(40)37-15-6-9-19-41(37)45/h2-5,7-13,16-31,44H,14H2,1H3. The predicted octanol–water partition coefficient (Wildman–Crippen LogP) is 9.90. The first-order valence-corrected chi connectivity index (χ1v) is 18.3. The minimum atomic E-state index is -3.11. The number of aromatic nitrogens is 2. The van der Waals surface area contributed by atoms with Crippen molar-refractivity contribution in [2.45, 2.75) is 19.0 Å². The molecule has 0 aliphatic heterocycles. The van der Waals surface area contributed by atoms with Crippen LogP contribution in [0.25, 0.3) is 50.2 Å². The second-order valence-electron chi connectivity index (χ2n) is 12.7. The predicted molar refractivity (Wildman–Crippen MR) is 202 cm³/mol. The van der Waals surface area contributed by atoms with Crippen molar-refractivity contribution in [1.29, 1.82) is 0 Å². The third-order valence-corrected chi connectivity index (χ3v) is 13.7. The number of nitrogens with zero attached hydrogens (tertiary/aromatic N) is 2. The van der Waals surface area contributed by atoms with E-state index < -0.39 is 7.14 Å². The highest BCUT2D eigenvalue weighted by atomic mass is 31.2. The van der Waals surface area contributed by atoms with Crippen LogP contribution in [-0.4, -0.2) is 14.8 Å². The molecule has 2 aliphatic carbocycles. The van der Waals surface area contributed by atoms with E-state index in [1.165, 1.54) is 16.3 Å². The fourth-order valence-corrected chi connectivity index (χ4v) is 11.0. The van der Waals surface area contributed by atoms with Gasteiger partial charge in [0, 0.05) is 38.4 Å². The van der Waals surface area contributed by atoms with Crippen molar-refractivity contribution in [3.63, 3.8) is 0 Å². The van der Waals surface area contributed by atoms with Gasteiger partial charge in [0.2, 0.25) is 0 Å². The molecule has 0 amide bonds. The Bertz CT molecular complexity index is 2470. The highest BCUT2D eigenvalue weighted by Crippen LogP contribution is 2.53. The van der Waals surface area contributed by atoms with Gasteiger partial charge in [-0.2, -0.15) is 0 Å². The summed E-state index contributed by atoms with van der Waals surface area (Å²) in [6.07, 6.45) is 17.8. The Morgan fingerprint density at radius 3 is 1.96 bits per heavy atom. The van der Waals surface area contributed by atoms with Crippen LogP contribution in [0.2, 0.25) is 0 Å². The average molecular weight is 637 g/mol. The van der Waals surface area contributed by atoms with Gasteiger partial charge in [0.1, 0.15) is 7.14 Å². The summed E-state index contributed by atoms with van der Waals surface area (Å²) in [6.45, 7) is 2.17. The minimum Gasteiger partial charge on any atom is -0.313 e. The molecule has 7 aromatic rings. The summed E-state index contributed by atoms with van der Waals surface area (Å²) < 4.78 is 20.4. The minimum absolute atomic E-state index is 0.131. The number of hydrogen-bond donors (Lipinski definition) is 0. The fraction of sp³-hybridized carbons (Fsp3) is 0.0909. The molecule has 0 saturated heterocycles. The molecule has 0 fully saturated rings. The molecule has 0 saturated carbocycles. The Hall–Kier alpha value is -5.55. The van der Waals surface area contributed by atoms with Gasteiger partial charge >= 0.3 is 0 Å². The van der Waals surface area contributed by atoms with Gasteiger partial charge in [-0.25, -0.2) is 0 Å². The van der Waals surface area contributed by atoms with Gasteiger partial charge in [-0.05, 0) is 96.8 Å². The van der Waals surface area contributed by atoms with Crippen molar-refractivity contribution in [2.24, 2.45) is 5.92 Å². The van der Waals surface area contributed by atoms with Crippen LogP contribution in [-0.2, 0) is 11.0 Å². The molecule has 2 heterocycles. The zero-order valence-electron chi connectivity index (χ0n) is 26.6. The van der Waals surface area contributed by atoms with E-state index in [2.05, 4.69) is 174 Å². The summed E-state index contributed by atoms with van der Waals surface area (Å²) in [6, 6.07) is 44.5. The summed E-state index contributed by atoms with van der Waals surface area (Å²) in [5.41, 5.74) is 7.78. The molecular formula is C44H33N2OP. The normalized spacial score (nSPS) is 18.2. The number of allylic oxidation sites excluding steroid dienone is 7. The summed E-state index contributed by atoms with van der Waals surface area (Å²) in [7, 11) is -3.11. The van der Waals surface area contributed by atoms with Crippen molar-refractivity contribution in [3.05, 3.63) is 175 Å². The summed E-state index contributed by atoms with van der Waals surface area (Å²) in [4.78, 5) is 0. The van der Waals surface area contributed by atoms with Crippen LogP contribution >= 0.6 is 7.14 Å². The van der Waals surface area contributed by atoms with Crippen LogP contribution in [0.4, 0.5) is 0 Å². The van der Waals surface area contributed by atoms with Crippen molar-refractivity contribution in [3.8, 4) is 11.4 Å². The summed E-state index contributed by atoms with van der Waals surface area (Å²) >= 11 is 0. The van der Waals surface area contributed by atoms with Crippen LogP contribution < -0.4 is 10.6 Å². The number of rotatable bonds is 5. The van der Waals surface area contributed by atoms with Gasteiger partial charge in [-0.3, -0.25) is 0 Å². The third-order valence-electron chi connectivity index (χ3n) is 10.0. The second kappa shape index (κ2) is 11.3. The van der Waals surface area contributed by atoms with Gasteiger partial charge < -0.3 is 13.7 Å². The molecule has 2 aromatic heterocycles. The lowest BCUT2D eigenvalue weighted by molar-refractivity contribution is 0.572. The Balaban J connectivity index is 1.17. The first kappa shape index (κ1) is 28.7. The fourth-order valence-electron chi connectivity index (χ4n) is 7.76. The SMILES string of the molecule is CC1C=CC=CC1P(=O)(c1ccc(-n2c3c(c4c#cccc42)CC=CC=C3)cc1)c1ccc(-n2c3ccccc3c3ccccc32)cc1. The quantitative estimate of drug-likeness (QED) is 0.173. The van der Waals surface area contributed by atoms with E-state index in [1.807, 2.05) is 12.1 Å². The van der Waals surface area contributed by atoms with E-state index in [0.717, 1.165) is 56.0 Å². The smallest absolute Gasteiger partial charge is 0.150 e. The van der Waals surface area contributed by atoms with Gasteiger partial charge in [0.25, 0.3) is 0 Å². The molecular weight excluding hydrogens is 603 g/mol. The molecule has 3 atom stereocenters. The van der Waals surface area contributed by atoms with Crippen molar-refractivity contribution < 1.29 is 4.57 Å². The van der Waals surface area contributed by atoms with E-state index in [-0.39, 0.29) is 11.6 Å². The highest BCUT2D eigenvalue weighted by molar-refractivity contribution is 7.79. The Labute approximate surface area is 280 Å². The lowest BCUT2D eigenvalue weighted by atomic mass is 10.0. The van der Waals surface area contributed by atoms with Crippen molar-refractivity contribution in [1.82, 2.24) is 9.13 Å². The molecule has 2 aliphatic rings. The molecule has 230 valence electrons. The first-order chi connectivity index (χ1) is 23.6. The van der Waals surface area contributed by atoms with Crippen LogP contribution in [0.1, 0.15) is 18.2 Å². The number of para-hydroxylation sites is 2. The average Bonchev–Trinajstić information content (AvgIpc) is 3.52. The largest absolute Gasteiger partial charge is 0.313 e. The zero-order chi connectivity index (χ0) is 32.2. The lowest BCUT2D eigenvalue weighted by Crippen LogP contribution is -2.29. The van der Waals surface area contributed by atoms with E-state index >= 15 is 4.57 Å². The molecule has 0 spiro atoms. The van der Waals surface area contributed by atoms with Gasteiger partial charge in [-0.1, -0.05) is 98.0 Å². The Kier molecular flexibility index (Phi) is 6.75. The number of hydrogen-bond acceptors (Lipinski definition) is 1. The topological polar surface area (TPSA) is 26.9 Å². The summed E-state index contributed by atoms with van der Waals surface area (Å²) in [5, 5.41) is 5.29. The first-order valence-electron chi connectivity index (χ1n) is 16.6. The molecule has 3 nitrogen and oxygen atoms in total. The molecule has 0 bridgehead atoms. The molecule has 3 unspecified atom stereocenters. The Morgan fingerprint density at radius 2 is 1.29 bits per heavy atom. The number of fused-ring (bicyclic) bond motifs is 6. The van der Waals surface area contributed by atoms with Crippen LogP contribution in [0.3, 0.4) is 0 Å². The van der Waals surface area contributed by atoms with Crippen molar-refractivity contribution in [2.75, 3.05) is 0 Å². The monoisotopic (exact) mass is 636 g/mol. The third kappa shape index (κ3) is 4.34. The molecule has 0 N–H and O–H groups in total. The number of benzene rings is 4. The molecule has 48 heavy (non-hydrogen) atoms. The second-order valence-corrected chi connectivity index (χ2v) is 15.7. The van der Waals surface area contributed by atoms with E-state index in [4.69, 9.17) is 0 Å². The zero-order valence-corrected chi connectivity index (χ0v) is 27.5. The molecule has 9 rings (SSSR count). The highest BCUT2D eigenvalue weighted by Gasteiger charge is 2.38. The van der Waals surface area contributed by atoms with Gasteiger partial charge in [-0.15, -0.1) is 0 Å². The maximum Gasteiger partial charge on any atom is 0.150 e. The molecule has 0 radical (unpaired) electrons. The lowest BCUT2D eigenvalue weighted by Gasteiger charge is -2.31. The summed E-state index contributed by atoms with van der Waals surface area (Å²) in [5.74, 6) is 0.131. The maximum absolute atomic E-state index is 15.8. The van der Waals surface area contributed by atoms with E-state index in [0.29, 0.717) is 0 Å². The van der Waals surface area contributed by atoms with Crippen LogP contribution in [0.15, 0.2) is 152 Å². The maximum atomic E-state index is 15.8. The Morgan fingerprint density at radius 1 is 0.667 bits per heavy atom. The van der Waals surface area contributed by atoms with Gasteiger partial charge in [0.05, 0.1) is 27.6 Å². The van der Waals surface area contributed by atoms with Crippen LogP contribution in [0, 0.1) is 18.1 Å². The molecule has 5 aromatic carbocycles. The van der Waals surface area contributed by atoms with E-state index in [1.54, 1.807) is 0 Å². The molecule has 4 heteroatoms. The van der Waals surface area contributed by atoms with Crippen LogP contribution in [0.5, 0.6) is 0 Å². The van der Waals surface area contributed by atoms with E-state index in [9.17, 15) is 0 Å².